The van der Waals surface area contributed by atoms with Crippen molar-refractivity contribution in [3.05, 3.63) is 65.7 Å². The summed E-state index contributed by atoms with van der Waals surface area (Å²) in [5.41, 5.74) is 1.84. The summed E-state index contributed by atoms with van der Waals surface area (Å²) >= 11 is 0. The standard InChI is InChI=1S/C14H14O3S.C8H18O5/c1-12-7-9-14(10-8-12)18(15,16)17-11-13-5-3-2-4-6-13;9-1-3-11-5-7-13-8-6-12-4-2-10/h2-10H,11H2,1H3;9-10H,1-8H2. The van der Waals surface area contributed by atoms with Crippen molar-refractivity contribution in [2.45, 2.75) is 18.4 Å². The molecule has 0 aliphatic carbocycles. The van der Waals surface area contributed by atoms with Crippen LogP contribution in [-0.4, -0.2) is 71.5 Å². The Morgan fingerprint density at radius 3 is 1.68 bits per heavy atom. The quantitative estimate of drug-likeness (QED) is 0.328. The fourth-order valence-electron chi connectivity index (χ4n) is 2.16. The van der Waals surface area contributed by atoms with E-state index >= 15 is 0 Å². The molecular weight excluding hydrogens is 424 g/mol. The van der Waals surface area contributed by atoms with Crippen LogP contribution in [0.3, 0.4) is 0 Å². The SMILES string of the molecule is Cc1ccc(S(=O)(=O)OCc2ccccc2)cc1.OCCOCCOCCOCCO. The van der Waals surface area contributed by atoms with Gasteiger partial charge in [-0.05, 0) is 24.6 Å². The summed E-state index contributed by atoms with van der Waals surface area (Å²) < 4.78 is 43.8. The first kappa shape index (κ1) is 27.2. The Labute approximate surface area is 184 Å². The summed E-state index contributed by atoms with van der Waals surface area (Å²) in [5, 5.41) is 16.7. The van der Waals surface area contributed by atoms with Crippen LogP contribution in [0.4, 0.5) is 0 Å². The summed E-state index contributed by atoms with van der Waals surface area (Å²) in [5.74, 6) is 0. The van der Waals surface area contributed by atoms with Gasteiger partial charge in [-0.2, -0.15) is 8.42 Å². The number of benzene rings is 2. The van der Waals surface area contributed by atoms with Crippen LogP contribution in [0.25, 0.3) is 0 Å². The first-order valence-corrected chi connectivity index (χ1v) is 11.4. The molecule has 0 amide bonds. The van der Waals surface area contributed by atoms with Crippen molar-refractivity contribution in [1.29, 1.82) is 0 Å². The molecule has 2 N–H and O–H groups in total. The van der Waals surface area contributed by atoms with Crippen LogP contribution < -0.4 is 0 Å². The molecule has 0 radical (unpaired) electrons. The maximum atomic E-state index is 11.9. The third kappa shape index (κ3) is 13.2. The first-order chi connectivity index (χ1) is 15.0. The first-order valence-electron chi connectivity index (χ1n) is 9.94. The minimum absolute atomic E-state index is 0.0413. The minimum atomic E-state index is -3.68. The molecule has 0 atom stereocenters. The molecular formula is C22H32O8S. The van der Waals surface area contributed by atoms with Crippen molar-refractivity contribution in [1.82, 2.24) is 0 Å². The van der Waals surface area contributed by atoms with Gasteiger partial charge in [-0.1, -0.05) is 48.0 Å². The maximum Gasteiger partial charge on any atom is 0.297 e. The van der Waals surface area contributed by atoms with E-state index in [9.17, 15) is 8.42 Å². The minimum Gasteiger partial charge on any atom is -0.394 e. The highest BCUT2D eigenvalue weighted by molar-refractivity contribution is 7.86. The Bertz CT molecular complexity index is 769. The van der Waals surface area contributed by atoms with Gasteiger partial charge in [0.15, 0.2) is 0 Å². The van der Waals surface area contributed by atoms with Crippen LogP contribution in [0, 0.1) is 6.92 Å². The Hall–Kier alpha value is -1.85. The number of aliphatic hydroxyl groups is 2. The molecule has 0 aliphatic rings. The third-order valence-electron chi connectivity index (χ3n) is 3.75. The summed E-state index contributed by atoms with van der Waals surface area (Å²) in [6.07, 6.45) is 0. The second-order valence-corrected chi connectivity index (χ2v) is 7.91. The Morgan fingerprint density at radius 2 is 1.19 bits per heavy atom. The van der Waals surface area contributed by atoms with Gasteiger partial charge in [0.2, 0.25) is 0 Å². The molecule has 0 aromatic heterocycles. The molecule has 0 spiro atoms. The third-order valence-corrected chi connectivity index (χ3v) is 5.03. The van der Waals surface area contributed by atoms with E-state index in [0.29, 0.717) is 39.6 Å². The predicted octanol–water partition coefficient (Wildman–Crippen LogP) is 1.92. The van der Waals surface area contributed by atoms with Crippen LogP contribution in [-0.2, 0) is 35.1 Å². The normalized spacial score (nSPS) is 11.1. The van der Waals surface area contributed by atoms with Crippen molar-refractivity contribution in [2.24, 2.45) is 0 Å². The molecule has 8 nitrogen and oxygen atoms in total. The molecule has 174 valence electrons. The fourth-order valence-corrected chi connectivity index (χ4v) is 3.06. The molecule has 0 heterocycles. The second-order valence-electron chi connectivity index (χ2n) is 6.30. The number of hydrogen-bond acceptors (Lipinski definition) is 8. The van der Waals surface area contributed by atoms with E-state index in [4.69, 9.17) is 28.6 Å². The largest absolute Gasteiger partial charge is 0.394 e. The van der Waals surface area contributed by atoms with Gasteiger partial charge in [0.1, 0.15) is 0 Å². The molecule has 2 aromatic rings. The van der Waals surface area contributed by atoms with Crippen LogP contribution in [0.1, 0.15) is 11.1 Å². The van der Waals surface area contributed by atoms with E-state index < -0.39 is 10.1 Å². The Kier molecular flexibility index (Phi) is 14.7. The zero-order valence-electron chi connectivity index (χ0n) is 17.8. The zero-order valence-corrected chi connectivity index (χ0v) is 18.6. The number of ether oxygens (including phenoxy) is 3. The van der Waals surface area contributed by atoms with Gasteiger partial charge in [-0.3, -0.25) is 4.18 Å². The van der Waals surface area contributed by atoms with Gasteiger partial charge in [-0.25, -0.2) is 0 Å². The molecule has 0 aliphatic heterocycles. The molecule has 9 heteroatoms. The lowest BCUT2D eigenvalue weighted by Crippen LogP contribution is -2.11. The monoisotopic (exact) mass is 456 g/mol. The number of aryl methyl sites for hydroxylation is 1. The highest BCUT2D eigenvalue weighted by atomic mass is 32.2. The summed E-state index contributed by atoms with van der Waals surface area (Å²) in [6, 6.07) is 15.8. The molecule has 0 unspecified atom stereocenters. The van der Waals surface area contributed by atoms with Gasteiger partial charge >= 0.3 is 0 Å². The van der Waals surface area contributed by atoms with Gasteiger partial charge in [0, 0.05) is 0 Å². The number of rotatable bonds is 14. The smallest absolute Gasteiger partial charge is 0.297 e. The van der Waals surface area contributed by atoms with Crippen molar-refractivity contribution in [2.75, 3.05) is 52.9 Å². The molecule has 0 saturated carbocycles. The van der Waals surface area contributed by atoms with E-state index in [1.54, 1.807) is 24.3 Å². The average molecular weight is 457 g/mol. The fraction of sp³-hybridized carbons (Fsp3) is 0.455. The molecule has 0 saturated heterocycles. The van der Waals surface area contributed by atoms with Crippen LogP contribution in [0.15, 0.2) is 59.5 Å². The lowest BCUT2D eigenvalue weighted by atomic mass is 10.2. The molecule has 31 heavy (non-hydrogen) atoms. The van der Waals surface area contributed by atoms with Crippen LogP contribution in [0.2, 0.25) is 0 Å². The van der Waals surface area contributed by atoms with Crippen LogP contribution in [0.5, 0.6) is 0 Å². The lowest BCUT2D eigenvalue weighted by molar-refractivity contribution is 0.00230. The van der Waals surface area contributed by atoms with E-state index in [0.717, 1.165) is 11.1 Å². The van der Waals surface area contributed by atoms with Crippen molar-refractivity contribution >= 4 is 10.1 Å². The second kappa shape index (κ2) is 16.8. The van der Waals surface area contributed by atoms with Gasteiger partial charge in [-0.15, -0.1) is 0 Å². The van der Waals surface area contributed by atoms with Crippen molar-refractivity contribution < 1.29 is 37.0 Å². The highest BCUT2D eigenvalue weighted by Gasteiger charge is 2.14. The van der Waals surface area contributed by atoms with E-state index in [2.05, 4.69) is 0 Å². The van der Waals surface area contributed by atoms with Crippen molar-refractivity contribution in [3.63, 3.8) is 0 Å². The summed E-state index contributed by atoms with van der Waals surface area (Å²) in [6.45, 7) is 4.72. The molecule has 0 fully saturated rings. The number of hydrogen-bond donors (Lipinski definition) is 2. The van der Waals surface area contributed by atoms with E-state index in [-0.39, 0.29) is 24.7 Å². The summed E-state index contributed by atoms with van der Waals surface area (Å²) in [4.78, 5) is 0.184. The molecule has 2 rings (SSSR count). The van der Waals surface area contributed by atoms with Gasteiger partial charge < -0.3 is 24.4 Å². The Balaban J connectivity index is 0.000000330. The molecule has 0 bridgehead atoms. The van der Waals surface area contributed by atoms with E-state index in [1.165, 1.54) is 0 Å². The zero-order chi connectivity index (χ0) is 22.8. The van der Waals surface area contributed by atoms with Crippen LogP contribution >= 0.6 is 0 Å². The topological polar surface area (TPSA) is 112 Å². The van der Waals surface area contributed by atoms with Gasteiger partial charge in [0.05, 0.1) is 64.4 Å². The average Bonchev–Trinajstić information content (AvgIpc) is 2.78. The highest BCUT2D eigenvalue weighted by Crippen LogP contribution is 2.15. The Morgan fingerprint density at radius 1 is 0.710 bits per heavy atom. The maximum absolute atomic E-state index is 11.9. The molecule has 2 aromatic carbocycles. The van der Waals surface area contributed by atoms with Gasteiger partial charge in [0.25, 0.3) is 10.1 Å². The number of aliphatic hydroxyl groups excluding tert-OH is 2. The predicted molar refractivity (Wildman–Crippen MR) is 116 cm³/mol. The van der Waals surface area contributed by atoms with Crippen molar-refractivity contribution in [3.8, 4) is 0 Å². The lowest BCUT2D eigenvalue weighted by Gasteiger charge is -2.06. The summed E-state index contributed by atoms with van der Waals surface area (Å²) in [7, 11) is -3.68. The van der Waals surface area contributed by atoms with E-state index in [1.807, 2.05) is 37.3 Å².